The summed E-state index contributed by atoms with van der Waals surface area (Å²) in [6.07, 6.45) is 0.731. The van der Waals surface area contributed by atoms with Gasteiger partial charge in [-0.1, -0.05) is 115 Å². The number of fused-ring (bicyclic) bond motifs is 2. The minimum absolute atomic E-state index is 0. The number of nitrogens with one attached hydrogen (secondary N) is 1. The molecule has 67 heavy (non-hydrogen) atoms. The molecule has 0 spiro atoms. The molecule has 9 aromatic rings. The van der Waals surface area contributed by atoms with Gasteiger partial charge < -0.3 is 27.2 Å². The SMILES string of the molecule is O=C(CCN1C(=O)c2ccc3c4cccc5c(N6CCN(Cc7ccc(CCl)cc7)CC6)ccc(c6ccc(c2c36)C1=O)c54)NCC[P+](c1ccccc1)(c1ccccc1)c1ccccc1.[Br-]. The molecule has 0 atom stereocenters. The van der Waals surface area contributed by atoms with Crippen LogP contribution in [0.15, 0.2) is 170 Å². The van der Waals surface area contributed by atoms with Crippen LogP contribution in [0, 0.1) is 0 Å². The highest BCUT2D eigenvalue weighted by Crippen LogP contribution is 2.55. The fourth-order valence-corrected chi connectivity index (χ4v) is 15.0. The number of nitrogens with zero attached hydrogens (tertiary/aromatic N) is 3. The van der Waals surface area contributed by atoms with Gasteiger partial charge in [-0.3, -0.25) is 24.2 Å². The third-order valence-electron chi connectivity index (χ3n) is 13.9. The molecule has 334 valence electrons. The van der Waals surface area contributed by atoms with Crippen molar-refractivity contribution < 1.29 is 31.4 Å². The van der Waals surface area contributed by atoms with Crippen molar-refractivity contribution in [1.82, 2.24) is 15.1 Å². The van der Waals surface area contributed by atoms with Crippen molar-refractivity contribution in [2.75, 3.05) is 50.3 Å². The number of hydrogen-bond donors (Lipinski definition) is 1. The number of benzene rings is 9. The number of anilines is 1. The topological polar surface area (TPSA) is 73.0 Å². The number of amides is 3. The van der Waals surface area contributed by atoms with Crippen molar-refractivity contribution in [3.63, 3.8) is 0 Å². The summed E-state index contributed by atoms with van der Waals surface area (Å²) in [5, 5.41) is 15.2. The van der Waals surface area contributed by atoms with Crippen LogP contribution in [-0.4, -0.2) is 73.0 Å². The molecule has 9 aromatic carbocycles. The Hall–Kier alpha value is -6.15. The molecule has 0 bridgehead atoms. The number of rotatable bonds is 13. The van der Waals surface area contributed by atoms with Crippen LogP contribution in [0.3, 0.4) is 0 Å². The molecular weight excluding hydrogens is 935 g/mol. The fraction of sp³-hybridized carbons (Fsp3) is 0.175. The van der Waals surface area contributed by atoms with Crippen LogP contribution in [0.25, 0.3) is 43.1 Å². The maximum absolute atomic E-state index is 14.3. The van der Waals surface area contributed by atoms with E-state index in [1.54, 1.807) is 0 Å². The first kappa shape index (κ1) is 44.7. The lowest BCUT2D eigenvalue weighted by molar-refractivity contribution is -0.121. The Morgan fingerprint density at radius 2 is 1.04 bits per heavy atom. The summed E-state index contributed by atoms with van der Waals surface area (Å²) < 4.78 is 0. The maximum atomic E-state index is 14.3. The van der Waals surface area contributed by atoms with E-state index >= 15 is 0 Å². The molecule has 2 heterocycles. The number of imide groups is 1. The van der Waals surface area contributed by atoms with Crippen LogP contribution < -0.4 is 43.1 Å². The lowest BCUT2D eigenvalue weighted by Crippen LogP contribution is -3.00. The van der Waals surface area contributed by atoms with Gasteiger partial charge in [0.1, 0.15) is 23.2 Å². The molecule has 2 aliphatic rings. The first-order valence-electron chi connectivity index (χ1n) is 22.9. The number of piperazine rings is 1. The average Bonchev–Trinajstić information content (AvgIpc) is 3.37. The van der Waals surface area contributed by atoms with E-state index in [0.717, 1.165) is 71.4 Å². The molecule has 1 saturated heterocycles. The van der Waals surface area contributed by atoms with Crippen molar-refractivity contribution in [3.05, 3.63) is 192 Å². The molecule has 0 aliphatic carbocycles. The molecule has 2 aliphatic heterocycles. The van der Waals surface area contributed by atoms with Crippen LogP contribution in [0.4, 0.5) is 5.69 Å². The normalized spacial score (nSPS) is 14.3. The van der Waals surface area contributed by atoms with Gasteiger partial charge in [0.25, 0.3) is 11.8 Å². The Morgan fingerprint density at radius 3 is 1.61 bits per heavy atom. The monoisotopic (exact) mass is 982 g/mol. The first-order chi connectivity index (χ1) is 32.4. The second-order valence-electron chi connectivity index (χ2n) is 17.5. The minimum Gasteiger partial charge on any atom is -1.00 e. The number of carbonyl (C=O) groups is 3. The first-order valence-corrected chi connectivity index (χ1v) is 25.4. The van der Waals surface area contributed by atoms with Crippen molar-refractivity contribution in [2.45, 2.75) is 18.8 Å². The Labute approximate surface area is 406 Å². The lowest BCUT2D eigenvalue weighted by atomic mass is 9.84. The molecule has 0 aromatic heterocycles. The zero-order valence-corrected chi connectivity index (χ0v) is 40.2. The van der Waals surface area contributed by atoms with Crippen LogP contribution in [0.2, 0.25) is 0 Å². The zero-order valence-electron chi connectivity index (χ0n) is 37.0. The van der Waals surface area contributed by atoms with E-state index in [9.17, 15) is 14.4 Å². The second kappa shape index (κ2) is 18.9. The van der Waals surface area contributed by atoms with E-state index < -0.39 is 7.26 Å². The van der Waals surface area contributed by atoms with Crippen LogP contribution >= 0.6 is 18.9 Å². The second-order valence-corrected chi connectivity index (χ2v) is 21.4. The Balaban J connectivity index is 0.00000525. The highest BCUT2D eigenvalue weighted by atomic mass is 79.9. The Morgan fingerprint density at radius 1 is 0.537 bits per heavy atom. The zero-order chi connectivity index (χ0) is 44.8. The summed E-state index contributed by atoms with van der Waals surface area (Å²) in [6.45, 7) is 5.15. The molecule has 0 unspecified atom stereocenters. The van der Waals surface area contributed by atoms with Crippen LogP contribution in [0.5, 0.6) is 0 Å². The number of carbonyl (C=O) groups excluding carboxylic acids is 3. The van der Waals surface area contributed by atoms with E-state index in [1.165, 1.54) is 42.8 Å². The van der Waals surface area contributed by atoms with Crippen molar-refractivity contribution >= 4 is 101 Å². The van der Waals surface area contributed by atoms with Gasteiger partial charge in [-0.15, -0.1) is 11.6 Å². The summed E-state index contributed by atoms with van der Waals surface area (Å²) in [5.74, 6) is -0.393. The lowest BCUT2D eigenvalue weighted by Gasteiger charge is -2.37. The third-order valence-corrected chi connectivity index (χ3v) is 18.7. The van der Waals surface area contributed by atoms with Gasteiger partial charge in [0.2, 0.25) is 5.91 Å². The van der Waals surface area contributed by atoms with Gasteiger partial charge in [0.05, 0.1) is 12.7 Å². The van der Waals surface area contributed by atoms with Gasteiger partial charge in [-0.2, -0.15) is 0 Å². The van der Waals surface area contributed by atoms with E-state index in [1.807, 2.05) is 42.5 Å². The average molecular weight is 984 g/mol. The smallest absolute Gasteiger partial charge is 0.261 e. The molecule has 7 nitrogen and oxygen atoms in total. The molecule has 10 heteroatoms. The predicted octanol–water partition coefficient (Wildman–Crippen LogP) is 6.90. The van der Waals surface area contributed by atoms with E-state index in [4.69, 9.17) is 11.6 Å². The quantitative estimate of drug-likeness (QED) is 0.0448. The van der Waals surface area contributed by atoms with E-state index in [-0.39, 0.29) is 47.7 Å². The van der Waals surface area contributed by atoms with Crippen molar-refractivity contribution in [3.8, 4) is 0 Å². The molecule has 0 saturated carbocycles. The highest BCUT2D eigenvalue weighted by Gasteiger charge is 2.45. The number of halogens is 2. The summed E-state index contributed by atoms with van der Waals surface area (Å²) >= 11 is 6.02. The number of alkyl halides is 1. The van der Waals surface area contributed by atoms with Gasteiger partial charge in [0, 0.05) is 79.2 Å². The summed E-state index contributed by atoms with van der Waals surface area (Å²) in [6, 6.07) is 59.2. The molecule has 0 radical (unpaired) electrons. The Bertz CT molecular complexity index is 3110. The van der Waals surface area contributed by atoms with Gasteiger partial charge in [0.15, 0.2) is 0 Å². The fourth-order valence-electron chi connectivity index (χ4n) is 10.7. The van der Waals surface area contributed by atoms with Crippen LogP contribution in [0.1, 0.15) is 38.3 Å². The number of hydrogen-bond acceptors (Lipinski definition) is 5. The molecule has 3 amide bonds. The van der Waals surface area contributed by atoms with Crippen LogP contribution in [-0.2, 0) is 17.2 Å². The Kier molecular flexibility index (Phi) is 12.6. The molecule has 1 fully saturated rings. The van der Waals surface area contributed by atoms with E-state index in [2.05, 4.69) is 143 Å². The minimum atomic E-state index is -2.14. The van der Waals surface area contributed by atoms with Crippen molar-refractivity contribution in [2.24, 2.45) is 0 Å². The summed E-state index contributed by atoms with van der Waals surface area (Å²) in [7, 11) is -2.14. The maximum Gasteiger partial charge on any atom is 0.261 e. The summed E-state index contributed by atoms with van der Waals surface area (Å²) in [4.78, 5) is 48.6. The van der Waals surface area contributed by atoms with Gasteiger partial charge in [-0.05, 0) is 98.0 Å². The largest absolute Gasteiger partial charge is 1.00 e. The summed E-state index contributed by atoms with van der Waals surface area (Å²) in [5.41, 5.74) is 4.66. The van der Waals surface area contributed by atoms with E-state index in [0.29, 0.717) is 28.9 Å². The van der Waals surface area contributed by atoms with Crippen molar-refractivity contribution in [1.29, 1.82) is 0 Å². The molecular formula is C57H49BrClN4O3P. The van der Waals surface area contributed by atoms with Gasteiger partial charge in [-0.25, -0.2) is 0 Å². The highest BCUT2D eigenvalue weighted by molar-refractivity contribution is 7.95. The predicted molar refractivity (Wildman–Crippen MR) is 274 cm³/mol. The van der Waals surface area contributed by atoms with Gasteiger partial charge >= 0.3 is 0 Å². The molecule has 1 N–H and O–H groups in total. The third kappa shape index (κ3) is 7.94. The molecule has 11 rings (SSSR count). The standard InChI is InChI=1S/C57H48ClN4O3P.BrH/c58-37-39-19-21-40(22-20-39)38-60-32-34-61(35-33-60)51-28-27-45-47-24-26-50-55-49(25-23-46(54(47)55)44-17-10-18-48(51)53(44)45)56(64)62(57(50)65)31-29-52(63)59-30-36-66(41-11-4-1-5-12-41,42-13-6-2-7-14-42)43-15-8-3-9-16-43;/h1-28H,29-38H2;1H.